The topological polar surface area (TPSA) is 38.5 Å². The Morgan fingerprint density at radius 1 is 1.56 bits per heavy atom. The van der Waals surface area contributed by atoms with E-state index in [1.807, 2.05) is 0 Å². The number of nitrogens with two attached hydrogens (primary N) is 1. The van der Waals surface area contributed by atoms with Crippen LogP contribution in [-0.4, -0.2) is 36.7 Å². The standard InChI is InChI=1S/C12H18N2OS/c13-12(9-3-5-16-8-9)11-6-14-4-1-2-10(14)7-15-11/h3,5,8,10-12H,1-2,4,6-7,13H2. The van der Waals surface area contributed by atoms with Crippen LogP contribution in [0.3, 0.4) is 0 Å². The van der Waals surface area contributed by atoms with E-state index in [9.17, 15) is 0 Å². The third kappa shape index (κ3) is 1.91. The molecule has 3 heterocycles. The Hall–Kier alpha value is -0.420. The van der Waals surface area contributed by atoms with Crippen LogP contribution >= 0.6 is 11.3 Å². The maximum Gasteiger partial charge on any atom is 0.0895 e. The molecule has 88 valence electrons. The summed E-state index contributed by atoms with van der Waals surface area (Å²) >= 11 is 1.70. The number of thiophene rings is 1. The number of hydrogen-bond acceptors (Lipinski definition) is 4. The number of rotatable bonds is 2. The van der Waals surface area contributed by atoms with Crippen molar-refractivity contribution in [2.45, 2.75) is 31.0 Å². The Labute approximate surface area is 100 Å². The smallest absolute Gasteiger partial charge is 0.0895 e. The zero-order valence-corrected chi connectivity index (χ0v) is 10.2. The summed E-state index contributed by atoms with van der Waals surface area (Å²) in [6.45, 7) is 3.09. The largest absolute Gasteiger partial charge is 0.373 e. The number of nitrogens with zero attached hydrogens (tertiary/aromatic N) is 1. The Morgan fingerprint density at radius 2 is 2.50 bits per heavy atom. The zero-order valence-electron chi connectivity index (χ0n) is 9.34. The van der Waals surface area contributed by atoms with Gasteiger partial charge in [-0.25, -0.2) is 0 Å². The summed E-state index contributed by atoms with van der Waals surface area (Å²) in [6.07, 6.45) is 2.78. The van der Waals surface area contributed by atoms with Crippen LogP contribution < -0.4 is 5.73 Å². The molecule has 0 aromatic carbocycles. The van der Waals surface area contributed by atoms with Crippen molar-refractivity contribution in [2.75, 3.05) is 19.7 Å². The van der Waals surface area contributed by atoms with Crippen molar-refractivity contribution >= 4 is 11.3 Å². The molecule has 0 bridgehead atoms. The summed E-state index contributed by atoms with van der Waals surface area (Å²) in [7, 11) is 0. The fourth-order valence-corrected chi connectivity index (χ4v) is 3.45. The van der Waals surface area contributed by atoms with Crippen LogP contribution in [0.2, 0.25) is 0 Å². The first-order valence-corrected chi connectivity index (χ1v) is 6.92. The quantitative estimate of drug-likeness (QED) is 0.850. The molecule has 0 spiro atoms. The molecule has 0 amide bonds. The van der Waals surface area contributed by atoms with Crippen molar-refractivity contribution < 1.29 is 4.74 Å². The van der Waals surface area contributed by atoms with Gasteiger partial charge in [-0.05, 0) is 41.8 Å². The molecule has 2 fully saturated rings. The predicted octanol–water partition coefficient (Wildman–Crippen LogP) is 1.61. The van der Waals surface area contributed by atoms with Gasteiger partial charge in [0.2, 0.25) is 0 Å². The SMILES string of the molecule is NC(c1ccsc1)C1CN2CCCC2CO1. The lowest BCUT2D eigenvalue weighted by atomic mass is 10.0. The minimum absolute atomic E-state index is 0.0350. The highest BCUT2D eigenvalue weighted by molar-refractivity contribution is 7.07. The molecular formula is C12H18N2OS. The van der Waals surface area contributed by atoms with Gasteiger partial charge in [0.25, 0.3) is 0 Å². The molecule has 0 saturated carbocycles. The fourth-order valence-electron chi connectivity index (χ4n) is 2.74. The van der Waals surface area contributed by atoms with Crippen LogP contribution in [0, 0.1) is 0 Å². The first-order chi connectivity index (χ1) is 7.84. The second kappa shape index (κ2) is 4.45. The molecule has 16 heavy (non-hydrogen) atoms. The van der Waals surface area contributed by atoms with E-state index < -0.39 is 0 Å². The summed E-state index contributed by atoms with van der Waals surface area (Å²) in [5.41, 5.74) is 7.47. The lowest BCUT2D eigenvalue weighted by Crippen LogP contribution is -2.49. The number of morpholine rings is 1. The maximum atomic E-state index is 6.25. The molecule has 1 aromatic rings. The number of fused-ring (bicyclic) bond motifs is 1. The highest BCUT2D eigenvalue weighted by Crippen LogP contribution is 2.28. The summed E-state index contributed by atoms with van der Waals surface area (Å²) in [5, 5.41) is 4.21. The summed E-state index contributed by atoms with van der Waals surface area (Å²) in [4.78, 5) is 2.54. The van der Waals surface area contributed by atoms with Gasteiger partial charge in [0.05, 0.1) is 18.8 Å². The molecule has 2 aliphatic heterocycles. The van der Waals surface area contributed by atoms with Gasteiger partial charge in [-0.3, -0.25) is 4.90 Å². The fraction of sp³-hybridized carbons (Fsp3) is 0.667. The Kier molecular flexibility index (Phi) is 2.98. The number of hydrogen-bond donors (Lipinski definition) is 1. The van der Waals surface area contributed by atoms with Gasteiger partial charge in [0.1, 0.15) is 0 Å². The lowest BCUT2D eigenvalue weighted by Gasteiger charge is -2.37. The summed E-state index contributed by atoms with van der Waals surface area (Å²) < 4.78 is 5.92. The lowest BCUT2D eigenvalue weighted by molar-refractivity contribution is -0.0596. The van der Waals surface area contributed by atoms with Crippen LogP contribution in [0.5, 0.6) is 0 Å². The monoisotopic (exact) mass is 238 g/mol. The molecule has 2 aliphatic rings. The average molecular weight is 238 g/mol. The van der Waals surface area contributed by atoms with Crippen molar-refractivity contribution in [1.82, 2.24) is 4.90 Å². The van der Waals surface area contributed by atoms with E-state index in [4.69, 9.17) is 10.5 Å². The van der Waals surface area contributed by atoms with Gasteiger partial charge < -0.3 is 10.5 Å². The van der Waals surface area contributed by atoms with Gasteiger partial charge in [0, 0.05) is 12.6 Å². The normalized spacial score (nSPS) is 32.6. The highest BCUT2D eigenvalue weighted by Gasteiger charge is 2.35. The van der Waals surface area contributed by atoms with Crippen LogP contribution in [0.15, 0.2) is 16.8 Å². The van der Waals surface area contributed by atoms with Crippen molar-refractivity contribution in [2.24, 2.45) is 5.73 Å². The van der Waals surface area contributed by atoms with Gasteiger partial charge >= 0.3 is 0 Å². The number of ether oxygens (including phenoxy) is 1. The van der Waals surface area contributed by atoms with Crippen LogP contribution in [-0.2, 0) is 4.74 Å². The second-order valence-corrected chi connectivity index (χ2v) is 5.53. The van der Waals surface area contributed by atoms with Crippen molar-refractivity contribution in [1.29, 1.82) is 0 Å². The minimum Gasteiger partial charge on any atom is -0.373 e. The summed E-state index contributed by atoms with van der Waals surface area (Å²) in [6, 6.07) is 2.80. The van der Waals surface area contributed by atoms with Gasteiger partial charge in [0.15, 0.2) is 0 Å². The predicted molar refractivity (Wildman–Crippen MR) is 65.6 cm³/mol. The minimum atomic E-state index is 0.0350. The Morgan fingerprint density at radius 3 is 3.31 bits per heavy atom. The van der Waals surface area contributed by atoms with Crippen molar-refractivity contribution in [3.05, 3.63) is 22.4 Å². The third-order valence-electron chi connectivity index (χ3n) is 3.74. The zero-order chi connectivity index (χ0) is 11.0. The Balaban J connectivity index is 1.67. The molecule has 0 aliphatic carbocycles. The molecule has 3 rings (SSSR count). The van der Waals surface area contributed by atoms with Crippen molar-refractivity contribution in [3.8, 4) is 0 Å². The molecule has 3 nitrogen and oxygen atoms in total. The second-order valence-electron chi connectivity index (χ2n) is 4.75. The van der Waals surface area contributed by atoms with E-state index in [-0.39, 0.29) is 12.1 Å². The highest BCUT2D eigenvalue weighted by atomic mass is 32.1. The first-order valence-electron chi connectivity index (χ1n) is 5.98. The third-order valence-corrected chi connectivity index (χ3v) is 4.45. The van der Waals surface area contributed by atoms with E-state index in [2.05, 4.69) is 21.7 Å². The molecular weight excluding hydrogens is 220 g/mol. The van der Waals surface area contributed by atoms with Gasteiger partial charge in [-0.1, -0.05) is 0 Å². The van der Waals surface area contributed by atoms with Crippen LogP contribution in [0.1, 0.15) is 24.4 Å². The van der Waals surface area contributed by atoms with E-state index in [0.717, 1.165) is 13.2 Å². The van der Waals surface area contributed by atoms with E-state index in [1.165, 1.54) is 24.9 Å². The molecule has 1 aromatic heterocycles. The first kappa shape index (κ1) is 10.7. The van der Waals surface area contributed by atoms with Gasteiger partial charge in [-0.15, -0.1) is 0 Å². The maximum absolute atomic E-state index is 6.25. The molecule has 0 radical (unpaired) electrons. The Bertz CT molecular complexity index is 341. The molecule has 2 saturated heterocycles. The average Bonchev–Trinajstić information content (AvgIpc) is 2.98. The van der Waals surface area contributed by atoms with Gasteiger partial charge in [-0.2, -0.15) is 11.3 Å². The van der Waals surface area contributed by atoms with Crippen molar-refractivity contribution in [3.63, 3.8) is 0 Å². The van der Waals surface area contributed by atoms with Crippen LogP contribution in [0.4, 0.5) is 0 Å². The van der Waals surface area contributed by atoms with E-state index >= 15 is 0 Å². The molecule has 4 heteroatoms. The molecule has 3 atom stereocenters. The molecule has 3 unspecified atom stereocenters. The van der Waals surface area contributed by atoms with E-state index in [0.29, 0.717) is 6.04 Å². The van der Waals surface area contributed by atoms with Crippen LogP contribution in [0.25, 0.3) is 0 Å². The summed E-state index contributed by atoms with van der Waals surface area (Å²) in [5.74, 6) is 0. The van der Waals surface area contributed by atoms with E-state index in [1.54, 1.807) is 11.3 Å². The molecule has 2 N–H and O–H groups in total.